The molecule has 2 N–H and O–H groups in total. The molecule has 1 aromatic rings. The molecule has 0 aromatic carbocycles. The van der Waals surface area contributed by atoms with Crippen molar-refractivity contribution in [3.8, 4) is 0 Å². The maximum atomic E-state index is 5.82. The number of nitrogens with zero attached hydrogens (tertiary/aromatic N) is 3. The van der Waals surface area contributed by atoms with Gasteiger partial charge in [-0.3, -0.25) is 0 Å². The van der Waals surface area contributed by atoms with E-state index in [1.54, 1.807) is 13.4 Å². The summed E-state index contributed by atoms with van der Waals surface area (Å²) in [6.45, 7) is 1.72. The van der Waals surface area contributed by atoms with E-state index in [4.69, 9.17) is 10.5 Å². The molecule has 0 amide bonds. The topological polar surface area (TPSA) is 64.3 Å². The maximum absolute atomic E-state index is 5.82. The SMILES string of the molecule is COCCCN(C)c1cc(C2CC(N)C2)ncn1. The number of hydrogen-bond acceptors (Lipinski definition) is 5. The Kier molecular flexibility index (Phi) is 4.49. The molecule has 0 aliphatic heterocycles. The number of ether oxygens (including phenoxy) is 1. The Bertz CT molecular complexity index is 379. The van der Waals surface area contributed by atoms with Gasteiger partial charge in [-0.1, -0.05) is 0 Å². The van der Waals surface area contributed by atoms with Gasteiger partial charge in [0.15, 0.2) is 0 Å². The van der Waals surface area contributed by atoms with Crippen molar-refractivity contribution in [2.24, 2.45) is 5.73 Å². The quantitative estimate of drug-likeness (QED) is 0.767. The molecular formula is C13H22N4O. The molecule has 5 nitrogen and oxygen atoms in total. The fraction of sp³-hybridized carbons (Fsp3) is 0.692. The highest BCUT2D eigenvalue weighted by Crippen LogP contribution is 2.35. The highest BCUT2D eigenvalue weighted by Gasteiger charge is 2.28. The van der Waals surface area contributed by atoms with Crippen LogP contribution in [0.1, 0.15) is 30.9 Å². The molecule has 1 aromatic heterocycles. The highest BCUT2D eigenvalue weighted by atomic mass is 16.5. The van der Waals surface area contributed by atoms with Gasteiger partial charge in [0.1, 0.15) is 12.1 Å². The second-order valence-corrected chi connectivity index (χ2v) is 5.00. The third-order valence-corrected chi connectivity index (χ3v) is 3.50. The Morgan fingerprint density at radius 2 is 2.22 bits per heavy atom. The predicted molar refractivity (Wildman–Crippen MR) is 71.7 cm³/mol. The number of hydrogen-bond donors (Lipinski definition) is 1. The maximum Gasteiger partial charge on any atom is 0.131 e. The molecule has 0 saturated heterocycles. The minimum absolute atomic E-state index is 0.354. The van der Waals surface area contributed by atoms with Crippen molar-refractivity contribution in [3.05, 3.63) is 18.1 Å². The number of rotatable bonds is 6. The van der Waals surface area contributed by atoms with Crippen molar-refractivity contribution in [3.63, 3.8) is 0 Å². The minimum atomic E-state index is 0.354. The zero-order valence-corrected chi connectivity index (χ0v) is 11.2. The average molecular weight is 250 g/mol. The molecule has 2 rings (SSSR count). The lowest BCUT2D eigenvalue weighted by Gasteiger charge is -2.32. The smallest absolute Gasteiger partial charge is 0.131 e. The molecule has 1 aliphatic rings. The number of aromatic nitrogens is 2. The molecule has 0 spiro atoms. The van der Waals surface area contributed by atoms with E-state index in [0.717, 1.165) is 43.9 Å². The summed E-state index contributed by atoms with van der Waals surface area (Å²) in [6, 6.07) is 2.44. The number of nitrogens with two attached hydrogens (primary N) is 1. The second-order valence-electron chi connectivity index (χ2n) is 5.00. The van der Waals surface area contributed by atoms with Crippen LogP contribution in [0.15, 0.2) is 12.4 Å². The molecule has 100 valence electrons. The van der Waals surface area contributed by atoms with Crippen molar-refractivity contribution in [1.82, 2.24) is 9.97 Å². The van der Waals surface area contributed by atoms with Crippen LogP contribution in [0.5, 0.6) is 0 Å². The van der Waals surface area contributed by atoms with Gasteiger partial charge >= 0.3 is 0 Å². The summed E-state index contributed by atoms with van der Waals surface area (Å²) < 4.78 is 5.06. The molecule has 0 radical (unpaired) electrons. The van der Waals surface area contributed by atoms with Gasteiger partial charge in [0.2, 0.25) is 0 Å². The van der Waals surface area contributed by atoms with Crippen LogP contribution in [-0.2, 0) is 4.74 Å². The average Bonchev–Trinajstić information content (AvgIpc) is 2.35. The Hall–Kier alpha value is -1.20. The minimum Gasteiger partial charge on any atom is -0.385 e. The van der Waals surface area contributed by atoms with E-state index in [2.05, 4.69) is 20.9 Å². The summed E-state index contributed by atoms with van der Waals surface area (Å²) in [5.41, 5.74) is 6.94. The Morgan fingerprint density at radius 1 is 1.44 bits per heavy atom. The van der Waals surface area contributed by atoms with Crippen LogP contribution in [0.3, 0.4) is 0 Å². The standard InChI is InChI=1S/C13H22N4O/c1-17(4-3-5-18-2)13-8-12(15-9-16-13)10-6-11(14)7-10/h8-11H,3-7,14H2,1-2H3. The monoisotopic (exact) mass is 250 g/mol. The van der Waals surface area contributed by atoms with Gasteiger partial charge in [-0.2, -0.15) is 0 Å². The summed E-state index contributed by atoms with van der Waals surface area (Å²) in [6.07, 6.45) is 4.75. The summed E-state index contributed by atoms with van der Waals surface area (Å²) in [5, 5.41) is 0. The molecule has 18 heavy (non-hydrogen) atoms. The Labute approximate surface area is 108 Å². The van der Waals surface area contributed by atoms with E-state index in [-0.39, 0.29) is 0 Å². The molecule has 1 saturated carbocycles. The van der Waals surface area contributed by atoms with Gasteiger partial charge in [0.25, 0.3) is 0 Å². The second kappa shape index (κ2) is 6.11. The number of methoxy groups -OCH3 is 1. The zero-order valence-electron chi connectivity index (χ0n) is 11.2. The first-order valence-corrected chi connectivity index (χ1v) is 6.48. The third-order valence-electron chi connectivity index (χ3n) is 3.50. The van der Waals surface area contributed by atoms with Crippen LogP contribution in [0.2, 0.25) is 0 Å². The molecule has 1 heterocycles. The van der Waals surface area contributed by atoms with E-state index in [1.807, 2.05) is 7.05 Å². The Morgan fingerprint density at radius 3 is 2.89 bits per heavy atom. The molecule has 1 fully saturated rings. The molecule has 0 atom stereocenters. The highest BCUT2D eigenvalue weighted by molar-refractivity contribution is 5.39. The van der Waals surface area contributed by atoms with E-state index in [9.17, 15) is 0 Å². The molecule has 0 unspecified atom stereocenters. The summed E-state index contributed by atoms with van der Waals surface area (Å²) >= 11 is 0. The van der Waals surface area contributed by atoms with Crippen LogP contribution >= 0.6 is 0 Å². The number of anilines is 1. The lowest BCUT2D eigenvalue weighted by atomic mass is 9.78. The van der Waals surface area contributed by atoms with Crippen molar-refractivity contribution in [2.75, 3.05) is 32.2 Å². The largest absolute Gasteiger partial charge is 0.385 e. The summed E-state index contributed by atoms with van der Waals surface area (Å²) in [5.74, 6) is 1.51. The van der Waals surface area contributed by atoms with Crippen LogP contribution in [0.4, 0.5) is 5.82 Å². The van der Waals surface area contributed by atoms with E-state index in [0.29, 0.717) is 12.0 Å². The van der Waals surface area contributed by atoms with Crippen LogP contribution in [0.25, 0.3) is 0 Å². The van der Waals surface area contributed by atoms with Crippen molar-refractivity contribution >= 4 is 5.82 Å². The lowest BCUT2D eigenvalue weighted by molar-refractivity contribution is 0.196. The molecule has 5 heteroatoms. The lowest BCUT2D eigenvalue weighted by Crippen LogP contribution is -2.35. The molecule has 1 aliphatic carbocycles. The predicted octanol–water partition coefficient (Wildman–Crippen LogP) is 1.15. The third kappa shape index (κ3) is 3.17. The van der Waals surface area contributed by atoms with Gasteiger partial charge in [-0.25, -0.2) is 9.97 Å². The van der Waals surface area contributed by atoms with Crippen LogP contribution in [0, 0.1) is 0 Å². The normalized spacial score (nSPS) is 22.6. The molecule has 0 bridgehead atoms. The van der Waals surface area contributed by atoms with Crippen LogP contribution < -0.4 is 10.6 Å². The summed E-state index contributed by atoms with van der Waals surface area (Å²) in [4.78, 5) is 10.8. The zero-order chi connectivity index (χ0) is 13.0. The van der Waals surface area contributed by atoms with Gasteiger partial charge < -0.3 is 15.4 Å². The fourth-order valence-corrected chi connectivity index (χ4v) is 2.26. The van der Waals surface area contributed by atoms with E-state index in [1.165, 1.54) is 0 Å². The van der Waals surface area contributed by atoms with Gasteiger partial charge in [0.05, 0.1) is 0 Å². The Balaban J connectivity index is 1.94. The first-order valence-electron chi connectivity index (χ1n) is 6.48. The fourth-order valence-electron chi connectivity index (χ4n) is 2.26. The van der Waals surface area contributed by atoms with Crippen LogP contribution in [-0.4, -0.2) is 43.3 Å². The van der Waals surface area contributed by atoms with Crippen molar-refractivity contribution < 1.29 is 4.74 Å². The van der Waals surface area contributed by atoms with E-state index < -0.39 is 0 Å². The van der Waals surface area contributed by atoms with Crippen molar-refractivity contribution in [2.45, 2.75) is 31.2 Å². The first-order chi connectivity index (χ1) is 8.70. The van der Waals surface area contributed by atoms with E-state index >= 15 is 0 Å². The van der Waals surface area contributed by atoms with Gasteiger partial charge in [0, 0.05) is 51.0 Å². The van der Waals surface area contributed by atoms with Gasteiger partial charge in [-0.15, -0.1) is 0 Å². The molecular weight excluding hydrogens is 228 g/mol. The van der Waals surface area contributed by atoms with Crippen molar-refractivity contribution in [1.29, 1.82) is 0 Å². The summed E-state index contributed by atoms with van der Waals surface area (Å²) in [7, 11) is 3.77. The van der Waals surface area contributed by atoms with Gasteiger partial charge in [-0.05, 0) is 19.3 Å². The first kappa shape index (κ1) is 13.2.